The van der Waals surface area contributed by atoms with E-state index in [-0.39, 0.29) is 16.2 Å². The Morgan fingerprint density at radius 1 is 0.918 bits per heavy atom. The zero-order valence-corrected chi connectivity index (χ0v) is 30.2. The van der Waals surface area contributed by atoms with E-state index < -0.39 is 37.0 Å². The number of carbonyl (C=O) groups is 1. The Labute approximate surface area is 289 Å². The molecule has 2 aliphatic heterocycles. The summed E-state index contributed by atoms with van der Waals surface area (Å²) in [5.41, 5.74) is 6.47. The number of carboxylic acid groups (broad SMARTS) is 1. The lowest BCUT2D eigenvalue weighted by Gasteiger charge is -2.27. The molecular formula is C37H44N2O8S2. The predicted octanol–water partition coefficient (Wildman–Crippen LogP) is 6.76. The minimum Gasteiger partial charge on any atom is -0.744 e. The second-order valence-electron chi connectivity index (χ2n) is 14.0. The number of benzene rings is 2. The molecular weight excluding hydrogens is 665 g/mol. The fourth-order valence-electron chi connectivity index (χ4n) is 7.26. The van der Waals surface area contributed by atoms with E-state index >= 15 is 0 Å². The Hall–Kier alpha value is -3.84. The molecule has 0 unspecified atom stereocenters. The smallest absolute Gasteiger partial charge is 0.303 e. The Morgan fingerprint density at radius 3 is 2.29 bits per heavy atom. The summed E-state index contributed by atoms with van der Waals surface area (Å²) in [5.74, 6) is -0.818. The third kappa shape index (κ3) is 7.52. The fourth-order valence-corrected chi connectivity index (χ4v) is 8.27. The van der Waals surface area contributed by atoms with Crippen molar-refractivity contribution in [2.24, 2.45) is 0 Å². The van der Waals surface area contributed by atoms with Gasteiger partial charge in [0.25, 0.3) is 10.1 Å². The first-order chi connectivity index (χ1) is 22.8. The first-order valence-corrected chi connectivity index (χ1v) is 19.3. The number of allylic oxidation sites excluding steroid dienone is 8. The number of hydrogen-bond acceptors (Lipinski definition) is 7. The van der Waals surface area contributed by atoms with Crippen molar-refractivity contribution in [3.63, 3.8) is 0 Å². The highest BCUT2D eigenvalue weighted by Crippen LogP contribution is 2.49. The van der Waals surface area contributed by atoms with Crippen molar-refractivity contribution in [1.29, 1.82) is 0 Å². The topological polar surface area (TPSA) is 155 Å². The molecule has 1 aliphatic carbocycles. The Kier molecular flexibility index (Phi) is 10.0. The average molecular weight is 709 g/mol. The first-order valence-electron chi connectivity index (χ1n) is 16.4. The van der Waals surface area contributed by atoms with Gasteiger partial charge in [-0.15, -0.1) is 0 Å². The van der Waals surface area contributed by atoms with Crippen LogP contribution in [0.5, 0.6) is 0 Å². The number of fused-ring (bicyclic) bond motifs is 2. The Bertz CT molecular complexity index is 2070. The largest absolute Gasteiger partial charge is 0.744 e. The van der Waals surface area contributed by atoms with Gasteiger partial charge in [0.15, 0.2) is 5.71 Å². The van der Waals surface area contributed by atoms with E-state index in [1.54, 1.807) is 12.1 Å². The summed E-state index contributed by atoms with van der Waals surface area (Å²) in [6.45, 7) is 8.72. The van der Waals surface area contributed by atoms with Crippen LogP contribution in [-0.4, -0.2) is 60.9 Å². The molecule has 2 N–H and O–H groups in total. The molecule has 0 saturated heterocycles. The highest BCUT2D eigenvalue weighted by atomic mass is 32.2. The minimum atomic E-state index is -4.57. The van der Waals surface area contributed by atoms with Gasteiger partial charge in [-0.25, -0.2) is 8.42 Å². The van der Waals surface area contributed by atoms with E-state index in [1.165, 1.54) is 24.3 Å². The highest BCUT2D eigenvalue weighted by molar-refractivity contribution is 7.86. The summed E-state index contributed by atoms with van der Waals surface area (Å²) in [4.78, 5) is 12.8. The molecule has 0 spiro atoms. The zero-order valence-electron chi connectivity index (χ0n) is 28.6. The summed E-state index contributed by atoms with van der Waals surface area (Å²) >= 11 is 0. The van der Waals surface area contributed by atoms with Crippen LogP contribution in [0.2, 0.25) is 0 Å². The Balaban J connectivity index is 1.43. The van der Waals surface area contributed by atoms with Crippen molar-refractivity contribution in [2.45, 2.75) is 93.3 Å². The SMILES string of the molecule is C[N+]1=C(/C=C/C2=CC(=C/C=C3/N(CCCCCC(=O)O)c4ccc(S(=O)(=O)O)cc4C3(C)C)/CCC2)C(C)(C)c2cc(S(=O)(=O)[O-])ccc21. The van der Waals surface area contributed by atoms with Gasteiger partial charge in [0, 0.05) is 47.5 Å². The van der Waals surface area contributed by atoms with Crippen molar-refractivity contribution < 1.29 is 40.4 Å². The number of nitrogens with zero attached hydrogens (tertiary/aromatic N) is 2. The second-order valence-corrected chi connectivity index (χ2v) is 16.8. The molecule has 10 nitrogen and oxygen atoms in total. The number of aliphatic carboxylic acids is 1. The molecule has 0 saturated carbocycles. The van der Waals surface area contributed by atoms with Gasteiger partial charge in [-0.05, 0) is 99.1 Å². The molecule has 2 aromatic rings. The van der Waals surface area contributed by atoms with Gasteiger partial charge in [0.1, 0.15) is 17.2 Å². The maximum Gasteiger partial charge on any atom is 0.303 e. The molecule has 0 fully saturated rings. The molecule has 5 rings (SSSR count). The second kappa shape index (κ2) is 13.5. The quantitative estimate of drug-likeness (QED) is 0.146. The maximum absolute atomic E-state index is 12.0. The lowest BCUT2D eigenvalue weighted by Crippen LogP contribution is -2.27. The molecule has 3 aliphatic rings. The number of rotatable bonds is 11. The highest BCUT2D eigenvalue weighted by Gasteiger charge is 2.43. The first kappa shape index (κ1) is 36.4. The summed E-state index contributed by atoms with van der Waals surface area (Å²) in [6.07, 6.45) is 15.5. The van der Waals surface area contributed by atoms with Crippen LogP contribution < -0.4 is 4.90 Å². The molecule has 2 heterocycles. The normalized spacial score (nSPS) is 20.3. The number of hydrogen-bond donors (Lipinski definition) is 2. The van der Waals surface area contributed by atoms with Crippen LogP contribution in [0.1, 0.15) is 83.8 Å². The van der Waals surface area contributed by atoms with Crippen LogP contribution in [0, 0.1) is 0 Å². The molecule has 262 valence electrons. The minimum absolute atomic E-state index is 0.115. The third-order valence-corrected chi connectivity index (χ3v) is 11.6. The molecule has 0 radical (unpaired) electrons. The van der Waals surface area contributed by atoms with Crippen molar-refractivity contribution >= 4 is 43.3 Å². The molecule has 0 atom stereocenters. The lowest BCUT2D eigenvalue weighted by molar-refractivity contribution is -0.401. The van der Waals surface area contributed by atoms with Crippen LogP contribution in [0.15, 0.2) is 93.4 Å². The van der Waals surface area contributed by atoms with Crippen LogP contribution in [0.25, 0.3) is 0 Å². The Morgan fingerprint density at radius 2 is 1.61 bits per heavy atom. The van der Waals surface area contributed by atoms with E-state index in [1.807, 2.05) is 39.3 Å². The monoisotopic (exact) mass is 708 g/mol. The molecule has 2 aromatic carbocycles. The van der Waals surface area contributed by atoms with Gasteiger partial charge in [-0.1, -0.05) is 38.5 Å². The summed E-state index contributed by atoms with van der Waals surface area (Å²) in [5, 5.41) is 9.03. The van der Waals surface area contributed by atoms with Gasteiger partial charge in [0.2, 0.25) is 5.69 Å². The van der Waals surface area contributed by atoms with E-state index in [0.717, 1.165) is 77.2 Å². The number of unbranched alkanes of at least 4 members (excludes halogenated alkanes) is 2. The van der Waals surface area contributed by atoms with Gasteiger partial charge in [-0.2, -0.15) is 13.0 Å². The summed E-state index contributed by atoms with van der Waals surface area (Å²) < 4.78 is 70.8. The van der Waals surface area contributed by atoms with Crippen LogP contribution >= 0.6 is 0 Å². The molecule has 0 amide bonds. The molecule has 12 heteroatoms. The van der Waals surface area contributed by atoms with Gasteiger partial charge < -0.3 is 14.6 Å². The van der Waals surface area contributed by atoms with Gasteiger partial charge in [-0.3, -0.25) is 9.35 Å². The lowest BCUT2D eigenvalue weighted by atomic mass is 9.81. The van der Waals surface area contributed by atoms with E-state index in [2.05, 4.69) is 35.3 Å². The number of anilines is 1. The average Bonchev–Trinajstić information content (AvgIpc) is 3.34. The van der Waals surface area contributed by atoms with E-state index in [4.69, 9.17) is 5.11 Å². The van der Waals surface area contributed by atoms with E-state index in [0.29, 0.717) is 13.0 Å². The molecule has 0 bridgehead atoms. The van der Waals surface area contributed by atoms with Crippen LogP contribution in [0.4, 0.5) is 11.4 Å². The molecule has 0 aromatic heterocycles. The third-order valence-electron chi connectivity index (χ3n) is 9.94. The van der Waals surface area contributed by atoms with Gasteiger partial charge >= 0.3 is 5.97 Å². The molecule has 49 heavy (non-hydrogen) atoms. The summed E-state index contributed by atoms with van der Waals surface area (Å²) in [7, 11) is -7.02. The summed E-state index contributed by atoms with van der Waals surface area (Å²) in [6, 6.07) is 9.20. The number of carboxylic acids is 1. The van der Waals surface area contributed by atoms with Crippen LogP contribution in [0.3, 0.4) is 0 Å². The van der Waals surface area contributed by atoms with Crippen molar-refractivity contribution in [3.8, 4) is 0 Å². The van der Waals surface area contributed by atoms with Crippen molar-refractivity contribution in [2.75, 3.05) is 18.5 Å². The standard InChI is InChI=1S/C37H44N2O8S2/c1-36(2)29-23-27(48(42,43)44)15-17-31(29)38(5)33(36)19-13-25-10-9-11-26(22-25)14-20-34-37(3,4)30-24-28(49(45,46)47)16-18-32(30)39(34)21-8-6-7-12-35(40)41/h13-20,22-24H,6-12,21H2,1-5H3,(H2-,40,41,42,43,44,45,46,47). The van der Waals surface area contributed by atoms with E-state index in [9.17, 15) is 30.7 Å². The van der Waals surface area contributed by atoms with Gasteiger partial charge in [0.05, 0.1) is 15.2 Å². The van der Waals surface area contributed by atoms with Crippen molar-refractivity contribution in [1.82, 2.24) is 0 Å². The maximum atomic E-state index is 12.0. The van der Waals surface area contributed by atoms with Crippen LogP contribution in [-0.2, 0) is 35.9 Å². The zero-order chi connectivity index (χ0) is 35.9. The fraction of sp³-hybridized carbons (Fsp3) is 0.405. The van der Waals surface area contributed by atoms with Crippen molar-refractivity contribution in [3.05, 3.63) is 94.7 Å². The predicted molar refractivity (Wildman–Crippen MR) is 188 cm³/mol.